The molecule has 0 radical (unpaired) electrons. The number of rotatable bonds is 4. The number of hydrogen-bond donors (Lipinski definition) is 2. The smallest absolute Gasteiger partial charge is 0.292 e. The molecule has 124 valence electrons. The van der Waals surface area contributed by atoms with Gasteiger partial charge in [-0.25, -0.2) is 4.90 Å². The highest BCUT2D eigenvalue weighted by Crippen LogP contribution is 2.25. The van der Waals surface area contributed by atoms with E-state index in [-0.39, 0.29) is 17.9 Å². The summed E-state index contributed by atoms with van der Waals surface area (Å²) in [6.45, 7) is 6.46. The van der Waals surface area contributed by atoms with Crippen LogP contribution in [-0.4, -0.2) is 57.7 Å². The Morgan fingerprint density at radius 3 is 2.65 bits per heavy atom. The van der Waals surface area contributed by atoms with Gasteiger partial charge in [0.1, 0.15) is 31.9 Å². The summed E-state index contributed by atoms with van der Waals surface area (Å²) in [7, 11) is 2.17. The van der Waals surface area contributed by atoms with Crippen molar-refractivity contribution in [2.75, 3.05) is 44.7 Å². The zero-order valence-corrected chi connectivity index (χ0v) is 13.8. The first kappa shape index (κ1) is 16.0. The van der Waals surface area contributed by atoms with Gasteiger partial charge in [0.05, 0.1) is 25.8 Å². The largest absolute Gasteiger partial charge is 0.494 e. The highest BCUT2D eigenvalue weighted by Gasteiger charge is 2.46. The van der Waals surface area contributed by atoms with E-state index in [1.165, 1.54) is 14.7 Å². The maximum Gasteiger partial charge on any atom is 0.292 e. The number of carbonyl (C=O) groups excluding carboxylic acids is 2. The minimum atomic E-state index is -0.230. The van der Waals surface area contributed by atoms with Crippen molar-refractivity contribution >= 4 is 17.5 Å². The van der Waals surface area contributed by atoms with Gasteiger partial charge in [-0.15, -0.1) is 0 Å². The number of quaternary nitrogens is 2. The predicted octanol–water partition coefficient (Wildman–Crippen LogP) is -1.87. The van der Waals surface area contributed by atoms with Crippen molar-refractivity contribution in [1.29, 1.82) is 0 Å². The average Bonchev–Trinajstić information content (AvgIpc) is 2.83. The van der Waals surface area contributed by atoms with Gasteiger partial charge in [-0.2, -0.15) is 0 Å². The van der Waals surface area contributed by atoms with Crippen LogP contribution in [0.25, 0.3) is 0 Å². The molecule has 2 amide bonds. The number of piperazine rings is 1. The topological polar surface area (TPSA) is 55.5 Å². The molecule has 1 aromatic carbocycles. The molecule has 2 aliphatic rings. The molecule has 6 nitrogen and oxygen atoms in total. The predicted molar refractivity (Wildman–Crippen MR) is 85.8 cm³/mol. The van der Waals surface area contributed by atoms with E-state index in [1.807, 2.05) is 19.1 Å². The third kappa shape index (κ3) is 3.23. The monoisotopic (exact) mass is 319 g/mol. The summed E-state index contributed by atoms with van der Waals surface area (Å²) in [6.07, 6.45) is 0.312. The fraction of sp³-hybridized carbons (Fsp3) is 0.529. The van der Waals surface area contributed by atoms with E-state index < -0.39 is 0 Å². The molecule has 23 heavy (non-hydrogen) atoms. The molecule has 0 saturated carbocycles. The molecule has 2 N–H and O–H groups in total. The lowest BCUT2D eigenvalue weighted by Gasteiger charge is -2.30. The van der Waals surface area contributed by atoms with Crippen molar-refractivity contribution in [3.05, 3.63) is 24.3 Å². The number of nitrogens with one attached hydrogen (secondary N) is 2. The van der Waals surface area contributed by atoms with Crippen molar-refractivity contribution in [1.82, 2.24) is 0 Å². The SMILES string of the molecule is CCOc1cccc(N2C(=O)C[C@@H]([NH+]3CC[NH+](C)CC3)C2=O)c1. The second-order valence-electron chi connectivity index (χ2n) is 6.37. The van der Waals surface area contributed by atoms with Crippen LogP contribution in [0.15, 0.2) is 24.3 Å². The molecule has 1 aromatic rings. The molecule has 2 fully saturated rings. The molecular weight excluding hydrogens is 294 g/mol. The van der Waals surface area contributed by atoms with Gasteiger partial charge in [-0.05, 0) is 19.1 Å². The highest BCUT2D eigenvalue weighted by atomic mass is 16.5. The van der Waals surface area contributed by atoms with E-state index >= 15 is 0 Å². The minimum Gasteiger partial charge on any atom is -0.494 e. The first-order valence-corrected chi connectivity index (χ1v) is 8.35. The quantitative estimate of drug-likeness (QED) is 0.640. The molecule has 1 atom stereocenters. The Morgan fingerprint density at radius 2 is 1.96 bits per heavy atom. The van der Waals surface area contributed by atoms with Crippen LogP contribution < -0.4 is 19.4 Å². The zero-order valence-electron chi connectivity index (χ0n) is 13.8. The van der Waals surface area contributed by atoms with Crippen LogP contribution in [0.1, 0.15) is 13.3 Å². The number of ether oxygens (including phenoxy) is 1. The van der Waals surface area contributed by atoms with Crippen LogP contribution in [0.3, 0.4) is 0 Å². The van der Waals surface area contributed by atoms with Gasteiger partial charge in [0.25, 0.3) is 5.91 Å². The molecule has 2 heterocycles. The number of carbonyl (C=O) groups is 2. The van der Waals surface area contributed by atoms with E-state index in [0.29, 0.717) is 24.5 Å². The molecule has 3 rings (SSSR count). The summed E-state index contributed by atoms with van der Waals surface area (Å²) < 4.78 is 5.47. The van der Waals surface area contributed by atoms with Gasteiger partial charge < -0.3 is 14.5 Å². The number of anilines is 1. The minimum absolute atomic E-state index is 0.0711. The number of amides is 2. The molecule has 2 saturated heterocycles. The average molecular weight is 319 g/mol. The first-order valence-electron chi connectivity index (χ1n) is 8.35. The Labute approximate surface area is 136 Å². The van der Waals surface area contributed by atoms with E-state index in [9.17, 15) is 9.59 Å². The van der Waals surface area contributed by atoms with Crippen molar-refractivity contribution < 1.29 is 24.1 Å². The standard InChI is InChI=1S/C17H23N3O3/c1-3-23-14-6-4-5-13(11-14)20-16(21)12-15(17(20)22)19-9-7-18(2)8-10-19/h4-6,11,15H,3,7-10,12H2,1-2H3/p+2/t15-/m1/s1. The molecule has 6 heteroatoms. The van der Waals surface area contributed by atoms with Gasteiger partial charge in [0, 0.05) is 6.07 Å². The molecule has 0 bridgehead atoms. The molecule has 0 spiro atoms. The fourth-order valence-corrected chi connectivity index (χ4v) is 3.45. The summed E-state index contributed by atoms with van der Waals surface area (Å²) in [6, 6.07) is 6.99. The Morgan fingerprint density at radius 1 is 1.22 bits per heavy atom. The summed E-state index contributed by atoms with van der Waals surface area (Å²) in [5, 5.41) is 0. The Balaban J connectivity index is 1.77. The Bertz CT molecular complexity index is 597. The van der Waals surface area contributed by atoms with Gasteiger partial charge in [-0.1, -0.05) is 6.07 Å². The van der Waals surface area contributed by atoms with Crippen molar-refractivity contribution in [3.8, 4) is 5.75 Å². The van der Waals surface area contributed by atoms with Gasteiger partial charge in [-0.3, -0.25) is 9.59 Å². The second kappa shape index (κ2) is 6.68. The van der Waals surface area contributed by atoms with E-state index in [2.05, 4.69) is 7.05 Å². The molecule has 0 aromatic heterocycles. The number of likely N-dealkylation sites (N-methyl/N-ethyl adjacent to an activating group) is 1. The summed E-state index contributed by atoms with van der Waals surface area (Å²) in [5.74, 6) is 0.509. The van der Waals surface area contributed by atoms with Crippen LogP contribution in [0.5, 0.6) is 5.75 Å². The number of benzene rings is 1. The molecule has 0 unspecified atom stereocenters. The van der Waals surface area contributed by atoms with Gasteiger partial charge in [0.2, 0.25) is 5.91 Å². The number of imide groups is 1. The Hall–Kier alpha value is -1.92. The van der Waals surface area contributed by atoms with Crippen molar-refractivity contribution in [2.24, 2.45) is 0 Å². The first-order chi connectivity index (χ1) is 11.1. The van der Waals surface area contributed by atoms with E-state index in [1.54, 1.807) is 12.1 Å². The summed E-state index contributed by atoms with van der Waals surface area (Å²) in [4.78, 5) is 29.3. The normalized spacial score (nSPS) is 28.3. The lowest BCUT2D eigenvalue weighted by Crippen LogP contribution is -3.29. The van der Waals surface area contributed by atoms with Crippen molar-refractivity contribution in [3.63, 3.8) is 0 Å². The van der Waals surface area contributed by atoms with Crippen LogP contribution in [0, 0.1) is 0 Å². The van der Waals surface area contributed by atoms with Crippen LogP contribution in [0.2, 0.25) is 0 Å². The van der Waals surface area contributed by atoms with Gasteiger partial charge in [0.15, 0.2) is 6.04 Å². The fourth-order valence-electron chi connectivity index (χ4n) is 3.45. The van der Waals surface area contributed by atoms with Crippen LogP contribution >= 0.6 is 0 Å². The lowest BCUT2D eigenvalue weighted by atomic mass is 10.2. The van der Waals surface area contributed by atoms with E-state index in [0.717, 1.165) is 26.2 Å². The third-order valence-electron chi connectivity index (χ3n) is 4.77. The van der Waals surface area contributed by atoms with Gasteiger partial charge >= 0.3 is 0 Å². The van der Waals surface area contributed by atoms with Crippen LogP contribution in [-0.2, 0) is 9.59 Å². The van der Waals surface area contributed by atoms with Crippen molar-refractivity contribution in [2.45, 2.75) is 19.4 Å². The van der Waals surface area contributed by atoms with E-state index in [4.69, 9.17) is 4.74 Å². The third-order valence-corrected chi connectivity index (χ3v) is 4.77. The lowest BCUT2D eigenvalue weighted by molar-refractivity contribution is -1.01. The molecule has 2 aliphatic heterocycles. The van der Waals surface area contributed by atoms with Crippen LogP contribution in [0.4, 0.5) is 5.69 Å². The summed E-state index contributed by atoms with van der Waals surface area (Å²) in [5.41, 5.74) is 0.618. The number of nitrogens with zero attached hydrogens (tertiary/aromatic N) is 1. The highest BCUT2D eigenvalue weighted by molar-refractivity contribution is 6.21. The second-order valence-corrected chi connectivity index (χ2v) is 6.37. The number of hydrogen-bond acceptors (Lipinski definition) is 3. The zero-order chi connectivity index (χ0) is 16.4. The summed E-state index contributed by atoms with van der Waals surface area (Å²) >= 11 is 0. The Kier molecular flexibility index (Phi) is 4.63. The maximum absolute atomic E-state index is 12.8. The molecule has 0 aliphatic carbocycles. The maximum atomic E-state index is 12.8. The molecular formula is C17H25N3O3+2.